The number of hydrazine groups is 1. The van der Waals surface area contributed by atoms with E-state index in [1.165, 1.54) is 0 Å². The van der Waals surface area contributed by atoms with Crippen molar-refractivity contribution in [2.45, 2.75) is 26.3 Å². The number of aromatic nitrogens is 2. The zero-order chi connectivity index (χ0) is 19.3. The fourth-order valence-electron chi connectivity index (χ4n) is 3.33. The summed E-state index contributed by atoms with van der Waals surface area (Å²) in [6, 6.07) is -0.342. The molecule has 4 N–H and O–H groups in total. The first-order valence-corrected chi connectivity index (χ1v) is 8.80. The van der Waals surface area contributed by atoms with E-state index in [2.05, 4.69) is 20.4 Å². The van der Waals surface area contributed by atoms with Crippen molar-refractivity contribution >= 4 is 29.2 Å². The molecule has 1 amide bonds. The molecule has 1 aromatic rings. The summed E-state index contributed by atoms with van der Waals surface area (Å²) in [5, 5.41) is 21.8. The van der Waals surface area contributed by atoms with Crippen molar-refractivity contribution in [3.63, 3.8) is 0 Å². The van der Waals surface area contributed by atoms with Crippen molar-refractivity contribution in [1.82, 2.24) is 15.2 Å². The van der Waals surface area contributed by atoms with Crippen molar-refractivity contribution in [2.75, 3.05) is 43.6 Å². The SMILES string of the molecule is COCCNc1nncc(N2CCC([C@@H]([C](C)C)N(N)C(=O)O)C2)c1Cl. The lowest BCUT2D eigenvalue weighted by atomic mass is 9.89. The average Bonchev–Trinajstić information content (AvgIpc) is 3.05. The maximum absolute atomic E-state index is 11.3. The Bertz CT molecular complexity index is 618. The molecule has 1 fully saturated rings. The van der Waals surface area contributed by atoms with Gasteiger partial charge in [-0.2, -0.15) is 5.10 Å². The Morgan fingerprint density at radius 2 is 2.35 bits per heavy atom. The maximum atomic E-state index is 11.3. The third kappa shape index (κ3) is 4.66. The summed E-state index contributed by atoms with van der Waals surface area (Å²) < 4.78 is 5.01. The molecule has 2 rings (SSSR count). The molecule has 1 aliphatic rings. The van der Waals surface area contributed by atoms with Gasteiger partial charge in [0.25, 0.3) is 0 Å². The summed E-state index contributed by atoms with van der Waals surface area (Å²) in [5.41, 5.74) is 0.774. The molecule has 26 heavy (non-hydrogen) atoms. The number of anilines is 2. The zero-order valence-corrected chi connectivity index (χ0v) is 16.0. The second-order valence-electron chi connectivity index (χ2n) is 6.52. The van der Waals surface area contributed by atoms with Gasteiger partial charge >= 0.3 is 6.09 Å². The van der Waals surface area contributed by atoms with Gasteiger partial charge in [-0.1, -0.05) is 25.4 Å². The van der Waals surface area contributed by atoms with Gasteiger partial charge in [0.1, 0.15) is 5.02 Å². The monoisotopic (exact) mass is 385 g/mol. The molecule has 1 saturated heterocycles. The third-order valence-corrected chi connectivity index (χ3v) is 4.87. The Morgan fingerprint density at radius 3 is 2.96 bits per heavy atom. The van der Waals surface area contributed by atoms with Crippen molar-refractivity contribution < 1.29 is 14.6 Å². The number of carbonyl (C=O) groups is 1. The minimum absolute atomic E-state index is 0.0789. The van der Waals surface area contributed by atoms with Crippen molar-refractivity contribution in [3.8, 4) is 0 Å². The minimum atomic E-state index is -1.14. The van der Waals surface area contributed by atoms with Crippen LogP contribution < -0.4 is 16.1 Å². The molecule has 0 bridgehead atoms. The van der Waals surface area contributed by atoms with Gasteiger partial charge in [0.05, 0.1) is 24.5 Å². The zero-order valence-electron chi connectivity index (χ0n) is 15.3. The van der Waals surface area contributed by atoms with Crippen LogP contribution in [0.5, 0.6) is 0 Å². The number of rotatable bonds is 8. The molecule has 1 unspecified atom stereocenters. The number of hydrogen-bond acceptors (Lipinski definition) is 7. The van der Waals surface area contributed by atoms with Crippen LogP contribution in [0.1, 0.15) is 20.3 Å². The quantitative estimate of drug-likeness (QED) is 0.268. The Morgan fingerprint density at radius 1 is 1.62 bits per heavy atom. The molecule has 0 spiro atoms. The van der Waals surface area contributed by atoms with Crippen LogP contribution in [-0.2, 0) is 4.74 Å². The molecule has 2 atom stereocenters. The van der Waals surface area contributed by atoms with Crippen LogP contribution in [0.2, 0.25) is 5.02 Å². The standard InChI is InChI=1S/C16H26ClN6O3/c1-10(2)14(23(18)16(24)25)11-4-6-22(9-11)12-8-20-21-15(13(12)17)19-5-7-26-3/h8,11,14H,4-7,9,18H2,1-3H3,(H,19,21)(H,24,25)/t11?,14-/m1/s1. The highest BCUT2D eigenvalue weighted by Gasteiger charge is 2.37. The van der Waals surface area contributed by atoms with Gasteiger partial charge in [0.2, 0.25) is 0 Å². The number of hydrogen-bond donors (Lipinski definition) is 3. The van der Waals surface area contributed by atoms with Gasteiger partial charge in [-0.15, -0.1) is 5.10 Å². The van der Waals surface area contributed by atoms with Crippen LogP contribution >= 0.6 is 11.6 Å². The van der Waals surface area contributed by atoms with E-state index in [-0.39, 0.29) is 12.0 Å². The first kappa shape index (κ1) is 20.5. The Kier molecular flexibility index (Phi) is 7.24. The van der Waals surface area contributed by atoms with Crippen LogP contribution in [0.4, 0.5) is 16.3 Å². The highest BCUT2D eigenvalue weighted by atomic mass is 35.5. The van der Waals surface area contributed by atoms with E-state index in [1.807, 2.05) is 13.8 Å². The van der Waals surface area contributed by atoms with Gasteiger partial charge in [0, 0.05) is 32.7 Å². The molecule has 0 aromatic carbocycles. The number of carboxylic acid groups (broad SMARTS) is 1. The smallest absolute Gasteiger partial charge is 0.421 e. The van der Waals surface area contributed by atoms with E-state index in [1.54, 1.807) is 13.3 Å². The Labute approximate surface area is 158 Å². The van der Waals surface area contributed by atoms with E-state index >= 15 is 0 Å². The van der Waals surface area contributed by atoms with Crippen LogP contribution in [0, 0.1) is 11.8 Å². The molecule has 1 aliphatic heterocycles. The first-order chi connectivity index (χ1) is 12.4. The number of amides is 1. The lowest BCUT2D eigenvalue weighted by Gasteiger charge is -2.33. The highest BCUT2D eigenvalue weighted by Crippen LogP contribution is 2.36. The van der Waals surface area contributed by atoms with Crippen LogP contribution in [0.15, 0.2) is 6.20 Å². The summed E-state index contributed by atoms with van der Waals surface area (Å²) in [5.74, 6) is 7.32. The van der Waals surface area contributed by atoms with Crippen LogP contribution in [0.25, 0.3) is 0 Å². The van der Waals surface area contributed by atoms with Crippen molar-refractivity contribution in [3.05, 3.63) is 17.1 Å². The molecule has 0 saturated carbocycles. The number of nitrogens with two attached hydrogens (primary N) is 1. The molecule has 1 radical (unpaired) electrons. The molecular weight excluding hydrogens is 360 g/mol. The molecule has 10 heteroatoms. The number of ether oxygens (including phenoxy) is 1. The van der Waals surface area contributed by atoms with Gasteiger partial charge in [-0.25, -0.2) is 15.6 Å². The molecule has 9 nitrogen and oxygen atoms in total. The van der Waals surface area contributed by atoms with Gasteiger partial charge in [-0.3, -0.25) is 0 Å². The second kappa shape index (κ2) is 9.20. The summed E-state index contributed by atoms with van der Waals surface area (Å²) >= 11 is 6.49. The lowest BCUT2D eigenvalue weighted by Crippen LogP contribution is -2.51. The van der Waals surface area contributed by atoms with Gasteiger partial charge in [-0.05, 0) is 12.3 Å². The lowest BCUT2D eigenvalue weighted by molar-refractivity contribution is 0.112. The highest BCUT2D eigenvalue weighted by molar-refractivity contribution is 6.35. The topological polar surface area (TPSA) is 117 Å². The van der Waals surface area contributed by atoms with E-state index in [4.69, 9.17) is 22.2 Å². The Hall–Kier alpha value is -1.84. The second-order valence-corrected chi connectivity index (χ2v) is 6.90. The van der Waals surface area contributed by atoms with Crippen molar-refractivity contribution in [2.24, 2.45) is 11.8 Å². The molecular formula is C16H26ClN6O3. The first-order valence-electron chi connectivity index (χ1n) is 8.42. The van der Waals surface area contributed by atoms with E-state index < -0.39 is 6.09 Å². The van der Waals surface area contributed by atoms with E-state index in [0.29, 0.717) is 30.5 Å². The Balaban J connectivity index is 2.12. The van der Waals surface area contributed by atoms with E-state index in [9.17, 15) is 9.90 Å². The summed E-state index contributed by atoms with van der Waals surface area (Å²) in [4.78, 5) is 13.4. The predicted molar refractivity (Wildman–Crippen MR) is 100 cm³/mol. The van der Waals surface area contributed by atoms with E-state index in [0.717, 1.165) is 29.6 Å². The molecule has 145 valence electrons. The van der Waals surface area contributed by atoms with Gasteiger partial charge < -0.3 is 20.1 Å². The number of nitrogens with one attached hydrogen (secondary N) is 1. The molecule has 1 aromatic heterocycles. The van der Waals surface area contributed by atoms with Gasteiger partial charge in [0.15, 0.2) is 5.82 Å². The summed E-state index contributed by atoms with van der Waals surface area (Å²) in [6.45, 7) is 6.28. The van der Waals surface area contributed by atoms with Crippen molar-refractivity contribution in [1.29, 1.82) is 0 Å². The number of methoxy groups -OCH3 is 1. The largest absolute Gasteiger partial charge is 0.464 e. The third-order valence-electron chi connectivity index (χ3n) is 4.49. The normalized spacial score (nSPS) is 18.2. The van der Waals surface area contributed by atoms with Crippen LogP contribution in [0.3, 0.4) is 0 Å². The summed E-state index contributed by atoms with van der Waals surface area (Å²) in [6.07, 6.45) is 1.30. The molecule has 2 heterocycles. The number of nitrogens with zero attached hydrogens (tertiary/aromatic N) is 4. The summed E-state index contributed by atoms with van der Waals surface area (Å²) in [7, 11) is 1.62. The maximum Gasteiger partial charge on any atom is 0.421 e. The van der Waals surface area contributed by atoms with Crippen LogP contribution in [-0.4, -0.2) is 65.8 Å². The fourth-order valence-corrected chi connectivity index (χ4v) is 3.60. The minimum Gasteiger partial charge on any atom is -0.464 e. The average molecular weight is 386 g/mol. The molecule has 0 aliphatic carbocycles. The number of halogens is 1. The fraction of sp³-hybridized carbons (Fsp3) is 0.625. The predicted octanol–water partition coefficient (Wildman–Crippen LogP) is 1.85.